The van der Waals surface area contributed by atoms with Crippen LogP contribution in [0, 0.1) is 0 Å². The van der Waals surface area contributed by atoms with E-state index < -0.39 is 0 Å². The second kappa shape index (κ2) is 8.09. The van der Waals surface area contributed by atoms with E-state index in [2.05, 4.69) is 79.0 Å². The molecule has 2 N–H and O–H groups in total. The Morgan fingerprint density at radius 2 is 2.04 bits per heavy atom. The van der Waals surface area contributed by atoms with Gasteiger partial charge in [-0.25, -0.2) is 4.79 Å². The van der Waals surface area contributed by atoms with E-state index >= 15 is 0 Å². The van der Waals surface area contributed by atoms with Gasteiger partial charge in [0.05, 0.1) is 0 Å². The minimum atomic E-state index is -0.0693. The Morgan fingerprint density at radius 1 is 1.27 bits per heavy atom. The van der Waals surface area contributed by atoms with Crippen molar-refractivity contribution in [3.63, 3.8) is 0 Å². The molecule has 2 aliphatic rings. The van der Waals surface area contributed by atoms with Crippen LogP contribution in [0.1, 0.15) is 37.3 Å². The summed E-state index contributed by atoms with van der Waals surface area (Å²) in [5.41, 5.74) is 4.14. The van der Waals surface area contributed by atoms with Gasteiger partial charge in [0, 0.05) is 18.1 Å². The molecule has 4 nitrogen and oxygen atoms in total. The first-order valence-corrected chi connectivity index (χ1v) is 9.63. The van der Waals surface area contributed by atoms with Gasteiger partial charge in [0.2, 0.25) is 0 Å². The third kappa shape index (κ3) is 4.36. The first kappa shape index (κ1) is 18.7. The highest BCUT2D eigenvalue weighted by atomic mass is 16.2. The lowest BCUT2D eigenvalue weighted by Gasteiger charge is -2.43. The number of fused-ring (bicyclic) bond motifs is 1. The van der Waals surface area contributed by atoms with Crippen LogP contribution in [-0.4, -0.2) is 43.2 Å². The minimum absolute atomic E-state index is 0.0222. The number of hydrogen-bond donors (Lipinski definition) is 2. The zero-order valence-corrected chi connectivity index (χ0v) is 16.2. The number of allylic oxidation sites excluding steroid dienone is 3. The van der Waals surface area contributed by atoms with E-state index in [9.17, 15) is 4.79 Å². The van der Waals surface area contributed by atoms with E-state index in [1.165, 1.54) is 16.7 Å². The molecule has 0 fully saturated rings. The molecule has 0 heterocycles. The Balaban J connectivity index is 1.56. The number of carbonyl (C=O) groups is 1. The normalized spacial score (nSPS) is 22.7. The minimum Gasteiger partial charge on any atom is -0.336 e. The molecule has 140 valence electrons. The Bertz CT molecular complexity index is 707. The van der Waals surface area contributed by atoms with Gasteiger partial charge in [-0.3, -0.25) is 0 Å². The van der Waals surface area contributed by atoms with E-state index in [0.29, 0.717) is 6.54 Å². The highest BCUT2D eigenvalue weighted by molar-refractivity contribution is 5.74. The molecular weight excluding hydrogens is 322 g/mol. The van der Waals surface area contributed by atoms with Crippen molar-refractivity contribution < 1.29 is 4.79 Å². The van der Waals surface area contributed by atoms with Crippen molar-refractivity contribution in [3.8, 4) is 0 Å². The highest BCUT2D eigenvalue weighted by Crippen LogP contribution is 2.31. The smallest absolute Gasteiger partial charge is 0.315 e. The maximum Gasteiger partial charge on any atom is 0.315 e. The summed E-state index contributed by atoms with van der Waals surface area (Å²) in [5.74, 6) is 0. The van der Waals surface area contributed by atoms with Crippen LogP contribution in [0.2, 0.25) is 0 Å². The third-order valence-corrected chi connectivity index (χ3v) is 5.79. The fraction of sp³-hybridized carbons (Fsp3) is 0.500. The van der Waals surface area contributed by atoms with Crippen LogP contribution in [0.15, 0.2) is 48.1 Å². The number of carbonyl (C=O) groups excluding carboxylic acids is 1. The van der Waals surface area contributed by atoms with Gasteiger partial charge in [0.25, 0.3) is 0 Å². The summed E-state index contributed by atoms with van der Waals surface area (Å²) in [5, 5.41) is 6.21. The molecule has 26 heavy (non-hydrogen) atoms. The maximum absolute atomic E-state index is 12.4. The van der Waals surface area contributed by atoms with Crippen molar-refractivity contribution in [1.29, 1.82) is 0 Å². The molecule has 1 aromatic rings. The summed E-state index contributed by atoms with van der Waals surface area (Å²) >= 11 is 0. The van der Waals surface area contributed by atoms with Crippen LogP contribution < -0.4 is 10.6 Å². The van der Waals surface area contributed by atoms with Crippen molar-refractivity contribution in [2.75, 3.05) is 20.6 Å². The molecule has 2 amide bonds. The van der Waals surface area contributed by atoms with Crippen molar-refractivity contribution in [1.82, 2.24) is 15.5 Å². The average Bonchev–Trinajstić information content (AvgIpc) is 3.12. The average molecular weight is 354 g/mol. The molecule has 4 heteroatoms. The molecule has 0 spiro atoms. The topological polar surface area (TPSA) is 44.4 Å². The molecule has 0 unspecified atom stereocenters. The lowest BCUT2D eigenvalue weighted by Crippen LogP contribution is -2.57. The van der Waals surface area contributed by atoms with Gasteiger partial charge in [0.15, 0.2) is 0 Å². The first-order valence-electron chi connectivity index (χ1n) is 9.63. The number of rotatable bonds is 6. The fourth-order valence-electron chi connectivity index (χ4n) is 4.06. The van der Waals surface area contributed by atoms with Crippen LogP contribution in [-0.2, 0) is 12.8 Å². The third-order valence-electron chi connectivity index (χ3n) is 5.79. The Kier molecular flexibility index (Phi) is 5.82. The largest absolute Gasteiger partial charge is 0.336 e. The number of nitrogens with zero attached hydrogens (tertiary/aromatic N) is 1. The Labute approximate surface area is 157 Å². The van der Waals surface area contributed by atoms with E-state index in [0.717, 1.165) is 32.1 Å². The predicted molar refractivity (Wildman–Crippen MR) is 107 cm³/mol. The van der Waals surface area contributed by atoms with E-state index in [1.54, 1.807) is 0 Å². The molecule has 0 bridgehead atoms. The van der Waals surface area contributed by atoms with Crippen LogP contribution in [0.4, 0.5) is 4.79 Å². The molecule has 1 aromatic carbocycles. The van der Waals surface area contributed by atoms with Crippen molar-refractivity contribution in [2.45, 2.75) is 50.6 Å². The summed E-state index contributed by atoms with van der Waals surface area (Å²) in [6.07, 6.45) is 11.5. The number of urea groups is 1. The molecule has 0 radical (unpaired) electrons. The number of hydrogen-bond acceptors (Lipinski definition) is 2. The molecule has 2 atom stereocenters. The van der Waals surface area contributed by atoms with Crippen molar-refractivity contribution in [3.05, 3.63) is 59.2 Å². The van der Waals surface area contributed by atoms with E-state index in [4.69, 9.17) is 0 Å². The molecule has 3 rings (SSSR count). The molecule has 0 saturated carbocycles. The molecule has 2 aliphatic carbocycles. The van der Waals surface area contributed by atoms with Crippen molar-refractivity contribution >= 4 is 6.03 Å². The Morgan fingerprint density at radius 3 is 2.73 bits per heavy atom. The number of aryl methyl sites for hydroxylation is 1. The van der Waals surface area contributed by atoms with Gasteiger partial charge in [-0.15, -0.1) is 0 Å². The number of likely N-dealkylation sites (N-methyl/N-ethyl adjacent to an activating group) is 1. The van der Waals surface area contributed by atoms with E-state index in [-0.39, 0.29) is 17.6 Å². The lowest BCUT2D eigenvalue weighted by molar-refractivity contribution is 0.129. The fourth-order valence-corrected chi connectivity index (χ4v) is 4.06. The van der Waals surface area contributed by atoms with Crippen molar-refractivity contribution in [2.24, 2.45) is 0 Å². The summed E-state index contributed by atoms with van der Waals surface area (Å²) < 4.78 is 0. The highest BCUT2D eigenvalue weighted by Gasteiger charge is 2.36. The number of nitrogens with one attached hydrogen (secondary N) is 2. The molecule has 0 aromatic heterocycles. The summed E-state index contributed by atoms with van der Waals surface area (Å²) in [6.45, 7) is 2.72. The Hall–Kier alpha value is -2.07. The van der Waals surface area contributed by atoms with Gasteiger partial charge >= 0.3 is 6.03 Å². The zero-order chi connectivity index (χ0) is 18.6. The summed E-state index contributed by atoms with van der Waals surface area (Å²) in [7, 11) is 4.24. The van der Waals surface area contributed by atoms with Crippen LogP contribution >= 0.6 is 0 Å². The van der Waals surface area contributed by atoms with E-state index in [1.807, 2.05) is 0 Å². The van der Waals surface area contributed by atoms with Gasteiger partial charge in [0.1, 0.15) is 0 Å². The summed E-state index contributed by atoms with van der Waals surface area (Å²) in [6, 6.07) is 8.73. The number of amides is 2. The SMILES string of the molecule is C[C@@H](CC1=CCC=C1)NC(=O)NC[C@]1(N(C)C)CCc2ccccc2C1. The number of benzene rings is 1. The van der Waals surface area contributed by atoms with Crippen LogP contribution in [0.5, 0.6) is 0 Å². The monoisotopic (exact) mass is 353 g/mol. The van der Waals surface area contributed by atoms with Crippen LogP contribution in [0.3, 0.4) is 0 Å². The first-order chi connectivity index (χ1) is 12.5. The van der Waals surface area contributed by atoms with Gasteiger partial charge in [-0.2, -0.15) is 0 Å². The molecular formula is C22H31N3O. The predicted octanol–water partition coefficient (Wildman–Crippen LogP) is 3.44. The lowest BCUT2D eigenvalue weighted by atomic mass is 9.77. The molecule has 0 aliphatic heterocycles. The quantitative estimate of drug-likeness (QED) is 0.823. The second-order valence-electron chi connectivity index (χ2n) is 7.91. The van der Waals surface area contributed by atoms with Crippen LogP contribution in [0.25, 0.3) is 0 Å². The van der Waals surface area contributed by atoms with Gasteiger partial charge in [-0.05, 0) is 69.8 Å². The standard InChI is InChI=1S/C22H31N3O/c1-17(14-18-8-4-5-9-18)24-21(26)23-16-22(25(2)3)13-12-19-10-6-7-11-20(19)15-22/h4,6-11,17H,5,12-16H2,1-3H3,(H2,23,24,26)/t17-,22-/m0/s1. The van der Waals surface area contributed by atoms with Gasteiger partial charge in [-0.1, -0.05) is 42.5 Å². The zero-order valence-electron chi connectivity index (χ0n) is 16.2. The maximum atomic E-state index is 12.4. The van der Waals surface area contributed by atoms with Gasteiger partial charge < -0.3 is 15.5 Å². The summed E-state index contributed by atoms with van der Waals surface area (Å²) in [4.78, 5) is 14.7. The second-order valence-corrected chi connectivity index (χ2v) is 7.91. The molecule has 0 saturated heterocycles.